The summed E-state index contributed by atoms with van der Waals surface area (Å²) >= 11 is 0. The highest BCUT2D eigenvalue weighted by atomic mass is 14.1. The predicted molar refractivity (Wildman–Crippen MR) is 91.9 cm³/mol. The molecule has 0 aliphatic rings. The standard InChI is InChI=1S/C20H32/c1-4-6-7-8-9-11-16-20(17-18(3)5-2)19-14-12-10-13-15-19/h10,12-15,17-18H,4-9,11,16H2,1-3H3. The maximum atomic E-state index is 2.49. The molecule has 0 N–H and O–H groups in total. The van der Waals surface area contributed by atoms with Crippen molar-refractivity contribution in [3.8, 4) is 0 Å². The molecule has 0 aliphatic carbocycles. The minimum atomic E-state index is 0.685. The van der Waals surface area contributed by atoms with Crippen LogP contribution in [-0.4, -0.2) is 0 Å². The first-order valence-corrected chi connectivity index (χ1v) is 8.54. The third-order valence-corrected chi connectivity index (χ3v) is 4.07. The summed E-state index contributed by atoms with van der Waals surface area (Å²) in [5, 5.41) is 0. The van der Waals surface area contributed by atoms with Crippen molar-refractivity contribution < 1.29 is 0 Å². The van der Waals surface area contributed by atoms with Gasteiger partial charge in [0.1, 0.15) is 0 Å². The predicted octanol–water partition coefficient (Wildman–Crippen LogP) is 6.87. The molecule has 0 saturated heterocycles. The summed E-state index contributed by atoms with van der Waals surface area (Å²) in [4.78, 5) is 0. The SMILES string of the molecule is CCCCCCCCC(=CC(C)CC)c1ccccc1. The maximum absolute atomic E-state index is 2.49. The van der Waals surface area contributed by atoms with Crippen molar-refractivity contribution >= 4 is 5.57 Å². The van der Waals surface area contributed by atoms with Crippen LogP contribution in [0.5, 0.6) is 0 Å². The zero-order valence-electron chi connectivity index (χ0n) is 13.7. The van der Waals surface area contributed by atoms with E-state index in [1.165, 1.54) is 56.9 Å². The fourth-order valence-electron chi connectivity index (χ4n) is 2.53. The normalized spacial score (nSPS) is 13.4. The third-order valence-electron chi connectivity index (χ3n) is 4.07. The highest BCUT2D eigenvalue weighted by molar-refractivity contribution is 5.65. The van der Waals surface area contributed by atoms with Crippen LogP contribution in [0.4, 0.5) is 0 Å². The quantitative estimate of drug-likeness (QED) is 0.408. The molecule has 112 valence electrons. The second kappa shape index (κ2) is 10.7. The summed E-state index contributed by atoms with van der Waals surface area (Å²) in [6.45, 7) is 6.88. The van der Waals surface area contributed by atoms with Gasteiger partial charge in [0.05, 0.1) is 0 Å². The number of hydrogen-bond acceptors (Lipinski definition) is 0. The smallest absolute Gasteiger partial charge is 0.0228 e. The lowest BCUT2D eigenvalue weighted by Crippen LogP contribution is -1.92. The zero-order chi connectivity index (χ0) is 14.6. The Morgan fingerprint density at radius 2 is 1.60 bits per heavy atom. The van der Waals surface area contributed by atoms with Gasteiger partial charge < -0.3 is 0 Å². The Labute approximate surface area is 126 Å². The molecule has 0 bridgehead atoms. The lowest BCUT2D eigenvalue weighted by atomic mass is 9.94. The van der Waals surface area contributed by atoms with Gasteiger partial charge in [0.15, 0.2) is 0 Å². The molecule has 20 heavy (non-hydrogen) atoms. The highest BCUT2D eigenvalue weighted by Gasteiger charge is 2.04. The highest BCUT2D eigenvalue weighted by Crippen LogP contribution is 2.24. The van der Waals surface area contributed by atoms with Crippen LogP contribution in [0, 0.1) is 5.92 Å². The van der Waals surface area contributed by atoms with E-state index in [1.54, 1.807) is 5.57 Å². The minimum absolute atomic E-state index is 0.685. The van der Waals surface area contributed by atoms with Crippen molar-refractivity contribution in [2.24, 2.45) is 5.92 Å². The van der Waals surface area contributed by atoms with Crippen molar-refractivity contribution in [2.75, 3.05) is 0 Å². The van der Waals surface area contributed by atoms with Gasteiger partial charge >= 0.3 is 0 Å². The summed E-state index contributed by atoms with van der Waals surface area (Å²) in [5.74, 6) is 0.685. The van der Waals surface area contributed by atoms with Crippen LogP contribution < -0.4 is 0 Å². The van der Waals surface area contributed by atoms with Gasteiger partial charge in [0, 0.05) is 0 Å². The van der Waals surface area contributed by atoms with Gasteiger partial charge in [0.2, 0.25) is 0 Å². The summed E-state index contributed by atoms with van der Waals surface area (Å²) < 4.78 is 0. The van der Waals surface area contributed by atoms with Crippen LogP contribution in [0.15, 0.2) is 36.4 Å². The average Bonchev–Trinajstić information content (AvgIpc) is 2.50. The molecule has 1 aromatic rings. The van der Waals surface area contributed by atoms with E-state index in [2.05, 4.69) is 57.2 Å². The zero-order valence-corrected chi connectivity index (χ0v) is 13.7. The Kier molecular flexibility index (Phi) is 9.11. The summed E-state index contributed by atoms with van der Waals surface area (Å²) in [6, 6.07) is 10.9. The first-order chi connectivity index (χ1) is 9.77. The molecular weight excluding hydrogens is 240 g/mol. The van der Waals surface area contributed by atoms with Crippen LogP contribution in [0.1, 0.15) is 77.7 Å². The molecule has 1 atom stereocenters. The molecule has 0 saturated carbocycles. The van der Waals surface area contributed by atoms with Crippen molar-refractivity contribution in [3.63, 3.8) is 0 Å². The second-order valence-corrected chi connectivity index (χ2v) is 5.96. The molecule has 0 nitrogen and oxygen atoms in total. The molecular formula is C20H32. The number of benzene rings is 1. The van der Waals surface area contributed by atoms with E-state index >= 15 is 0 Å². The van der Waals surface area contributed by atoms with E-state index in [-0.39, 0.29) is 0 Å². The first-order valence-electron chi connectivity index (χ1n) is 8.54. The van der Waals surface area contributed by atoms with Crippen LogP contribution >= 0.6 is 0 Å². The summed E-state index contributed by atoms with van der Waals surface area (Å²) in [5.41, 5.74) is 2.97. The monoisotopic (exact) mass is 272 g/mol. The van der Waals surface area contributed by atoms with E-state index in [1.807, 2.05) is 0 Å². The molecule has 0 heteroatoms. The van der Waals surface area contributed by atoms with E-state index in [9.17, 15) is 0 Å². The average molecular weight is 272 g/mol. The Bertz CT molecular complexity index is 361. The summed E-state index contributed by atoms with van der Waals surface area (Å²) in [6.07, 6.45) is 13.2. The fourth-order valence-corrected chi connectivity index (χ4v) is 2.53. The van der Waals surface area contributed by atoms with Gasteiger partial charge in [0.25, 0.3) is 0 Å². The van der Waals surface area contributed by atoms with Crippen LogP contribution in [0.2, 0.25) is 0 Å². The van der Waals surface area contributed by atoms with Gasteiger partial charge in [-0.15, -0.1) is 0 Å². The number of hydrogen-bond donors (Lipinski definition) is 0. The third kappa shape index (κ3) is 6.93. The van der Waals surface area contributed by atoms with Gasteiger partial charge in [-0.2, -0.15) is 0 Å². The molecule has 0 heterocycles. The molecule has 1 unspecified atom stereocenters. The Hall–Kier alpha value is -1.04. The van der Waals surface area contributed by atoms with Crippen LogP contribution in [-0.2, 0) is 0 Å². The number of rotatable bonds is 10. The molecule has 1 rings (SSSR count). The van der Waals surface area contributed by atoms with E-state index in [0.29, 0.717) is 5.92 Å². The lowest BCUT2D eigenvalue weighted by molar-refractivity contribution is 0.612. The van der Waals surface area contributed by atoms with Crippen molar-refractivity contribution in [1.29, 1.82) is 0 Å². The van der Waals surface area contributed by atoms with Crippen molar-refractivity contribution in [1.82, 2.24) is 0 Å². The van der Waals surface area contributed by atoms with E-state index < -0.39 is 0 Å². The Balaban J connectivity index is 2.50. The molecule has 0 amide bonds. The number of allylic oxidation sites excluding steroid dienone is 2. The maximum Gasteiger partial charge on any atom is -0.0228 e. The van der Waals surface area contributed by atoms with Crippen molar-refractivity contribution in [3.05, 3.63) is 42.0 Å². The molecule has 0 spiro atoms. The fraction of sp³-hybridized carbons (Fsp3) is 0.600. The van der Waals surface area contributed by atoms with Gasteiger partial charge in [-0.1, -0.05) is 95.7 Å². The largest absolute Gasteiger partial charge is 0.0779 e. The van der Waals surface area contributed by atoms with Crippen molar-refractivity contribution in [2.45, 2.75) is 72.1 Å². The topological polar surface area (TPSA) is 0 Å². The lowest BCUT2D eigenvalue weighted by Gasteiger charge is -2.11. The molecule has 0 fully saturated rings. The molecule has 0 radical (unpaired) electrons. The second-order valence-electron chi connectivity index (χ2n) is 5.96. The van der Waals surface area contributed by atoms with Gasteiger partial charge in [-0.25, -0.2) is 0 Å². The summed E-state index contributed by atoms with van der Waals surface area (Å²) in [7, 11) is 0. The van der Waals surface area contributed by atoms with E-state index in [4.69, 9.17) is 0 Å². The van der Waals surface area contributed by atoms with Gasteiger partial charge in [-0.3, -0.25) is 0 Å². The number of unbranched alkanes of at least 4 members (excludes halogenated alkanes) is 5. The van der Waals surface area contributed by atoms with Crippen LogP contribution in [0.25, 0.3) is 5.57 Å². The molecule has 0 aliphatic heterocycles. The molecule has 0 aromatic heterocycles. The Morgan fingerprint density at radius 1 is 0.950 bits per heavy atom. The minimum Gasteiger partial charge on any atom is -0.0779 e. The van der Waals surface area contributed by atoms with E-state index in [0.717, 1.165) is 0 Å². The first kappa shape index (κ1) is 17.0. The van der Waals surface area contributed by atoms with Crippen LogP contribution in [0.3, 0.4) is 0 Å². The Morgan fingerprint density at radius 3 is 2.25 bits per heavy atom. The van der Waals surface area contributed by atoms with Gasteiger partial charge in [-0.05, 0) is 29.9 Å². The molecule has 1 aromatic carbocycles.